The molecule has 0 radical (unpaired) electrons. The topological polar surface area (TPSA) is 259 Å². The number of unbranched alkanes of at least 4 members (excludes halogenated alkanes) is 1. The van der Waals surface area contributed by atoms with Gasteiger partial charge in [-0.2, -0.15) is 0 Å². The highest BCUT2D eigenvalue weighted by Gasteiger charge is 2.33. The van der Waals surface area contributed by atoms with Gasteiger partial charge in [-0.25, -0.2) is 0 Å². The van der Waals surface area contributed by atoms with Gasteiger partial charge in [-0.15, -0.1) is 0 Å². The van der Waals surface area contributed by atoms with Crippen molar-refractivity contribution < 1.29 is 24.0 Å². The molecule has 61 heavy (non-hydrogen) atoms. The average Bonchev–Trinajstić information content (AvgIpc) is 3.86. The molecular weight excluding hydrogens is 773 g/mol. The van der Waals surface area contributed by atoms with E-state index in [-0.39, 0.29) is 38.6 Å². The number of amides is 5. The molecule has 4 atom stereocenters. The van der Waals surface area contributed by atoms with Gasteiger partial charge in [-0.05, 0) is 101 Å². The van der Waals surface area contributed by atoms with E-state index in [0.29, 0.717) is 25.8 Å². The summed E-state index contributed by atoms with van der Waals surface area (Å²) in [6, 6.07) is 18.7. The van der Waals surface area contributed by atoms with Crippen LogP contribution in [0.15, 0.2) is 72.8 Å². The van der Waals surface area contributed by atoms with Crippen molar-refractivity contribution in [2.24, 2.45) is 17.2 Å². The van der Waals surface area contributed by atoms with E-state index >= 15 is 0 Å². The second-order valence-corrected chi connectivity index (χ2v) is 15.8. The van der Waals surface area contributed by atoms with Crippen LogP contribution in [-0.4, -0.2) is 81.7 Å². The molecule has 0 bridgehead atoms. The Labute approximate surface area is 354 Å². The fourth-order valence-electron chi connectivity index (χ4n) is 8.07. The van der Waals surface area contributed by atoms with E-state index in [9.17, 15) is 24.0 Å². The lowest BCUT2D eigenvalue weighted by molar-refractivity contribution is -0.136. The van der Waals surface area contributed by atoms with Crippen molar-refractivity contribution in [3.8, 4) is 0 Å². The van der Waals surface area contributed by atoms with Gasteiger partial charge in [0.1, 0.15) is 18.1 Å². The quantitative estimate of drug-likeness (QED) is 0.0509. The van der Waals surface area contributed by atoms with Crippen LogP contribution in [0.25, 0.3) is 32.7 Å². The first-order valence-electron chi connectivity index (χ1n) is 21.0. The Hall–Kier alpha value is -6.29. The van der Waals surface area contributed by atoms with Crippen molar-refractivity contribution in [3.05, 3.63) is 107 Å². The predicted molar refractivity (Wildman–Crippen MR) is 238 cm³/mol. The monoisotopic (exact) mass is 830 g/mol. The minimum absolute atomic E-state index is 0.0477. The van der Waals surface area contributed by atoms with Crippen molar-refractivity contribution >= 4 is 62.2 Å². The average molecular weight is 831 g/mol. The Bertz CT molecular complexity index is 2520. The summed E-state index contributed by atoms with van der Waals surface area (Å²) in [5, 5.41) is 13.9. The van der Waals surface area contributed by atoms with Crippen molar-refractivity contribution in [1.29, 1.82) is 0 Å². The van der Waals surface area contributed by atoms with Crippen LogP contribution >= 0.6 is 0 Å². The molecule has 0 saturated heterocycles. The first-order chi connectivity index (χ1) is 29.4. The molecule has 0 fully saturated rings. The van der Waals surface area contributed by atoms with Crippen LogP contribution in [0.1, 0.15) is 65.9 Å². The van der Waals surface area contributed by atoms with Gasteiger partial charge in [0.25, 0.3) is 0 Å². The smallest absolute Gasteiger partial charge is 0.249 e. The number of aromatic nitrogens is 3. The molecule has 0 saturated carbocycles. The summed E-state index contributed by atoms with van der Waals surface area (Å²) in [5.74, 6) is -2.96. The van der Waals surface area contributed by atoms with E-state index < -0.39 is 53.7 Å². The first kappa shape index (κ1) is 44.3. The number of hydrogen-bond donors (Lipinski definition) is 10. The predicted octanol–water partition coefficient (Wildman–Crippen LogP) is 3.38. The van der Waals surface area contributed by atoms with Crippen LogP contribution in [0.5, 0.6) is 0 Å². The molecule has 5 amide bonds. The lowest BCUT2D eigenvalue weighted by Gasteiger charge is -2.26. The maximum atomic E-state index is 14.8. The van der Waals surface area contributed by atoms with Crippen LogP contribution in [0.4, 0.5) is 0 Å². The van der Waals surface area contributed by atoms with Gasteiger partial charge in [0, 0.05) is 69.1 Å². The molecule has 15 heteroatoms. The fraction of sp³-hybridized carbons (Fsp3) is 0.370. The number of imide groups is 1. The van der Waals surface area contributed by atoms with Gasteiger partial charge in [-0.3, -0.25) is 29.3 Å². The second kappa shape index (κ2) is 20.3. The van der Waals surface area contributed by atoms with Gasteiger partial charge in [-0.1, -0.05) is 54.6 Å². The van der Waals surface area contributed by atoms with E-state index in [1.54, 1.807) is 0 Å². The Morgan fingerprint density at radius 3 is 1.39 bits per heavy atom. The molecule has 3 aromatic heterocycles. The van der Waals surface area contributed by atoms with Crippen molar-refractivity contribution in [2.75, 3.05) is 13.1 Å². The lowest BCUT2D eigenvalue weighted by atomic mass is 9.98. The lowest BCUT2D eigenvalue weighted by Crippen LogP contribution is -2.59. The maximum Gasteiger partial charge on any atom is 0.249 e. The number of benzene rings is 3. The van der Waals surface area contributed by atoms with Gasteiger partial charge >= 0.3 is 0 Å². The molecule has 0 aliphatic rings. The number of fused-ring (bicyclic) bond motifs is 3. The third-order valence-electron chi connectivity index (χ3n) is 11.4. The van der Waals surface area contributed by atoms with Crippen LogP contribution in [-0.2, 0) is 43.2 Å². The minimum atomic E-state index is -1.21. The molecule has 13 N–H and O–H groups in total. The third-order valence-corrected chi connectivity index (χ3v) is 11.4. The first-order valence-corrected chi connectivity index (χ1v) is 21.0. The Morgan fingerprint density at radius 2 is 0.934 bits per heavy atom. The number of carbonyl (C=O) groups is 5. The normalized spacial score (nSPS) is 13.5. The maximum absolute atomic E-state index is 14.8. The molecule has 0 unspecified atom stereocenters. The molecule has 0 spiro atoms. The largest absolute Gasteiger partial charge is 0.358 e. The van der Waals surface area contributed by atoms with Crippen LogP contribution in [0.2, 0.25) is 0 Å². The summed E-state index contributed by atoms with van der Waals surface area (Å²) < 4.78 is 0. The third kappa shape index (κ3) is 10.7. The number of hydrogen-bond acceptors (Lipinski definition) is 8. The molecule has 15 nitrogen and oxygen atoms in total. The van der Waals surface area contributed by atoms with E-state index in [1.807, 2.05) is 93.6 Å². The summed E-state index contributed by atoms with van der Waals surface area (Å²) >= 11 is 0. The molecule has 322 valence electrons. The van der Waals surface area contributed by atoms with Crippen molar-refractivity contribution in [2.45, 2.75) is 96.3 Å². The standard InChI is InChI=1S/C46H58N10O5/c1-26-32(29-13-4-7-16-36(29)50-26)23-35(49)43(58)54-40(24-33-27(2)51-37-17-8-5-14-30(33)37)46(61)55-41(25-34-28(3)52-38-18-9-6-15-31(34)38)45(60)53-39(19-10-11-21-47)44(59)56-42(57)20-12-22-48/h4-9,13-18,35,39-41,50-52H,10-12,19-25,47-49H2,1-3H3,(H,53,60)(H,54,58)(H,55,61)(H,56,57,59)/t35-,39-,40-,41-/m0/s1. The molecule has 3 heterocycles. The van der Waals surface area contributed by atoms with Gasteiger partial charge in [0.05, 0.1) is 6.04 Å². The van der Waals surface area contributed by atoms with Gasteiger partial charge < -0.3 is 48.1 Å². The second-order valence-electron chi connectivity index (χ2n) is 15.8. The number of aromatic amines is 3. The Balaban J connectivity index is 1.31. The summed E-state index contributed by atoms with van der Waals surface area (Å²) in [7, 11) is 0. The van der Waals surface area contributed by atoms with Crippen molar-refractivity contribution in [1.82, 2.24) is 36.2 Å². The van der Waals surface area contributed by atoms with E-state index in [2.05, 4.69) is 36.2 Å². The number of carbonyl (C=O) groups excluding carboxylic acids is 5. The minimum Gasteiger partial charge on any atom is -0.358 e. The number of nitrogens with two attached hydrogens (primary N) is 3. The van der Waals surface area contributed by atoms with Crippen LogP contribution in [0.3, 0.4) is 0 Å². The van der Waals surface area contributed by atoms with Gasteiger partial charge in [0.15, 0.2) is 0 Å². The zero-order chi connectivity index (χ0) is 43.6. The Morgan fingerprint density at radius 1 is 0.525 bits per heavy atom. The highest BCUT2D eigenvalue weighted by Crippen LogP contribution is 2.26. The number of rotatable bonds is 20. The van der Waals surface area contributed by atoms with Crippen LogP contribution in [0, 0.1) is 20.8 Å². The number of H-pyrrole nitrogens is 3. The highest BCUT2D eigenvalue weighted by atomic mass is 16.2. The molecule has 0 aliphatic carbocycles. The molecular formula is C46H58N10O5. The number of aryl methyl sites for hydroxylation is 3. The highest BCUT2D eigenvalue weighted by molar-refractivity contribution is 6.01. The van der Waals surface area contributed by atoms with Crippen LogP contribution < -0.4 is 38.5 Å². The number of para-hydroxylation sites is 3. The summed E-state index contributed by atoms with van der Waals surface area (Å²) in [4.78, 5) is 79.5. The number of nitrogens with one attached hydrogen (secondary N) is 7. The molecule has 0 aliphatic heterocycles. The van der Waals surface area contributed by atoms with E-state index in [0.717, 1.165) is 66.5 Å². The zero-order valence-electron chi connectivity index (χ0n) is 35.1. The van der Waals surface area contributed by atoms with E-state index in [1.165, 1.54) is 0 Å². The Kier molecular flexibility index (Phi) is 14.7. The van der Waals surface area contributed by atoms with Gasteiger partial charge in [0.2, 0.25) is 29.5 Å². The molecule has 6 aromatic rings. The fourth-order valence-corrected chi connectivity index (χ4v) is 8.07. The molecule has 3 aromatic carbocycles. The zero-order valence-corrected chi connectivity index (χ0v) is 35.1. The summed E-state index contributed by atoms with van der Waals surface area (Å²) in [6.07, 6.45) is 2.09. The summed E-state index contributed by atoms with van der Waals surface area (Å²) in [5.41, 5.74) is 25.6. The van der Waals surface area contributed by atoms with Crippen molar-refractivity contribution in [3.63, 3.8) is 0 Å². The molecule has 6 rings (SSSR count). The SMILES string of the molecule is Cc1[nH]c2ccccc2c1C[C@H](NC(=O)[C@H](Cc1c(C)[nH]c2ccccc12)NC(=O)[C@@H](N)Cc1c(C)[nH]c2ccccc12)C(=O)N[C@@H](CCCCN)C(=O)NC(=O)CCCN. The summed E-state index contributed by atoms with van der Waals surface area (Å²) in [6.45, 7) is 6.39. The van der Waals surface area contributed by atoms with E-state index in [4.69, 9.17) is 17.2 Å².